The van der Waals surface area contributed by atoms with Crippen molar-refractivity contribution in [3.05, 3.63) is 70.9 Å². The van der Waals surface area contributed by atoms with Crippen molar-refractivity contribution < 1.29 is 0 Å². The molecule has 3 aromatic rings. The second-order valence-corrected chi connectivity index (χ2v) is 5.48. The van der Waals surface area contributed by atoms with Gasteiger partial charge in [-0.2, -0.15) is 0 Å². The zero-order valence-electron chi connectivity index (χ0n) is 12.6. The van der Waals surface area contributed by atoms with Gasteiger partial charge in [0.2, 0.25) is 0 Å². The van der Waals surface area contributed by atoms with E-state index in [9.17, 15) is 4.79 Å². The largest absolute Gasteiger partial charge is 0.328 e. The number of rotatable bonds is 3. The monoisotopic (exact) mass is 291 g/mol. The average Bonchev–Trinajstić information content (AvgIpc) is 2.56. The highest BCUT2D eigenvalue weighted by atomic mass is 16.1. The van der Waals surface area contributed by atoms with Crippen molar-refractivity contribution >= 4 is 0 Å². The maximum absolute atomic E-state index is 12.1. The second kappa shape index (κ2) is 5.93. The quantitative estimate of drug-likeness (QED) is 0.801. The van der Waals surface area contributed by atoms with Crippen molar-refractivity contribution in [2.75, 3.05) is 0 Å². The van der Waals surface area contributed by atoms with E-state index in [4.69, 9.17) is 0 Å². The summed E-state index contributed by atoms with van der Waals surface area (Å²) < 4.78 is 0. The molecule has 1 aromatic carbocycles. The van der Waals surface area contributed by atoms with Gasteiger partial charge in [-0.15, -0.1) is 0 Å². The number of pyridine rings is 1. The molecule has 0 saturated carbocycles. The minimum atomic E-state index is -0.114. The maximum Gasteiger partial charge on any atom is 0.255 e. The molecule has 4 nitrogen and oxygen atoms in total. The molecule has 0 fully saturated rings. The molecule has 110 valence electrons. The predicted octanol–water partition coefficient (Wildman–Crippen LogP) is 3.62. The van der Waals surface area contributed by atoms with Crippen LogP contribution in [-0.4, -0.2) is 15.0 Å². The number of nitrogens with zero attached hydrogens (tertiary/aromatic N) is 2. The third-order valence-electron chi connectivity index (χ3n) is 3.62. The molecular formula is C18H17N3O. The van der Waals surface area contributed by atoms with E-state index in [0.717, 1.165) is 11.1 Å². The standard InChI is InChI=1S/C18H17N3O/c1-12(2)13-4-6-14(7-5-13)16-10-15(11-21-18(16)22)17-19-8-3-9-20-17/h3-12H,1-2H3,(H,21,22). The molecule has 0 radical (unpaired) electrons. The fraction of sp³-hybridized carbons (Fsp3) is 0.167. The van der Waals surface area contributed by atoms with Crippen LogP contribution in [0.5, 0.6) is 0 Å². The number of aromatic amines is 1. The van der Waals surface area contributed by atoms with Crippen LogP contribution in [0.4, 0.5) is 0 Å². The number of hydrogen-bond donors (Lipinski definition) is 1. The molecule has 4 heteroatoms. The normalized spacial score (nSPS) is 10.9. The molecule has 0 spiro atoms. The van der Waals surface area contributed by atoms with Crippen LogP contribution in [-0.2, 0) is 0 Å². The number of hydrogen-bond acceptors (Lipinski definition) is 3. The van der Waals surface area contributed by atoms with Crippen molar-refractivity contribution in [3.8, 4) is 22.5 Å². The Morgan fingerprint density at radius 1 is 1.00 bits per heavy atom. The van der Waals surface area contributed by atoms with Crippen molar-refractivity contribution in [1.82, 2.24) is 15.0 Å². The van der Waals surface area contributed by atoms with Gasteiger partial charge in [-0.25, -0.2) is 9.97 Å². The summed E-state index contributed by atoms with van der Waals surface area (Å²) in [6.07, 6.45) is 5.01. The predicted molar refractivity (Wildman–Crippen MR) is 87.6 cm³/mol. The number of nitrogens with one attached hydrogen (secondary N) is 1. The SMILES string of the molecule is CC(C)c1ccc(-c2cc(-c3ncccn3)c[nH]c2=O)cc1. The molecule has 0 aliphatic heterocycles. The van der Waals surface area contributed by atoms with Crippen molar-refractivity contribution in [1.29, 1.82) is 0 Å². The first-order chi connectivity index (χ1) is 10.6. The molecule has 1 N–H and O–H groups in total. The summed E-state index contributed by atoms with van der Waals surface area (Å²) in [7, 11) is 0. The fourth-order valence-electron chi connectivity index (χ4n) is 2.32. The van der Waals surface area contributed by atoms with Gasteiger partial charge in [0.25, 0.3) is 5.56 Å². The van der Waals surface area contributed by atoms with Crippen LogP contribution in [0, 0.1) is 0 Å². The van der Waals surface area contributed by atoms with Gasteiger partial charge >= 0.3 is 0 Å². The lowest BCUT2D eigenvalue weighted by Crippen LogP contribution is -2.08. The number of benzene rings is 1. The first kappa shape index (κ1) is 14.2. The molecule has 22 heavy (non-hydrogen) atoms. The Hall–Kier alpha value is -2.75. The fourth-order valence-corrected chi connectivity index (χ4v) is 2.32. The summed E-state index contributed by atoms with van der Waals surface area (Å²) in [6, 6.07) is 11.7. The van der Waals surface area contributed by atoms with E-state index in [1.807, 2.05) is 18.2 Å². The average molecular weight is 291 g/mol. The van der Waals surface area contributed by atoms with Crippen LogP contribution in [0.1, 0.15) is 25.3 Å². The van der Waals surface area contributed by atoms with E-state index in [1.165, 1.54) is 5.56 Å². The van der Waals surface area contributed by atoms with Gasteiger partial charge in [0.1, 0.15) is 0 Å². The highest BCUT2D eigenvalue weighted by Crippen LogP contribution is 2.22. The van der Waals surface area contributed by atoms with Crippen LogP contribution < -0.4 is 5.56 Å². The maximum atomic E-state index is 12.1. The number of H-pyrrole nitrogens is 1. The van der Waals surface area contributed by atoms with Crippen LogP contribution in [0.25, 0.3) is 22.5 Å². The zero-order chi connectivity index (χ0) is 15.5. The minimum absolute atomic E-state index is 0.114. The van der Waals surface area contributed by atoms with Crippen LogP contribution in [0.2, 0.25) is 0 Å². The van der Waals surface area contributed by atoms with E-state index >= 15 is 0 Å². The third kappa shape index (κ3) is 2.81. The highest BCUT2D eigenvalue weighted by Gasteiger charge is 2.08. The lowest BCUT2D eigenvalue weighted by atomic mass is 9.99. The number of aromatic nitrogens is 3. The van der Waals surface area contributed by atoms with Crippen molar-refractivity contribution in [3.63, 3.8) is 0 Å². The van der Waals surface area contributed by atoms with E-state index in [1.54, 1.807) is 24.7 Å². The Balaban J connectivity index is 2.05. The summed E-state index contributed by atoms with van der Waals surface area (Å²) >= 11 is 0. The van der Waals surface area contributed by atoms with Crippen LogP contribution in [0.3, 0.4) is 0 Å². The van der Waals surface area contributed by atoms with Crippen molar-refractivity contribution in [2.24, 2.45) is 0 Å². The van der Waals surface area contributed by atoms with Crippen LogP contribution in [0.15, 0.2) is 59.8 Å². The third-order valence-corrected chi connectivity index (χ3v) is 3.62. The first-order valence-corrected chi connectivity index (χ1v) is 7.25. The Bertz CT molecular complexity index is 821. The molecule has 0 bridgehead atoms. The zero-order valence-corrected chi connectivity index (χ0v) is 12.6. The first-order valence-electron chi connectivity index (χ1n) is 7.25. The molecule has 0 unspecified atom stereocenters. The highest BCUT2D eigenvalue weighted by molar-refractivity contribution is 5.68. The minimum Gasteiger partial charge on any atom is -0.328 e. The smallest absolute Gasteiger partial charge is 0.255 e. The lowest BCUT2D eigenvalue weighted by molar-refractivity contribution is 0.867. The van der Waals surface area contributed by atoms with Gasteiger partial charge in [-0.3, -0.25) is 4.79 Å². The Kier molecular flexibility index (Phi) is 3.83. The molecule has 2 aromatic heterocycles. The second-order valence-electron chi connectivity index (χ2n) is 5.48. The van der Waals surface area contributed by atoms with E-state index in [2.05, 4.69) is 40.9 Å². The Morgan fingerprint density at radius 3 is 2.32 bits per heavy atom. The molecular weight excluding hydrogens is 274 g/mol. The van der Waals surface area contributed by atoms with Gasteiger partial charge in [0.05, 0.1) is 0 Å². The van der Waals surface area contributed by atoms with Gasteiger partial charge in [-0.1, -0.05) is 38.1 Å². The molecule has 0 aliphatic carbocycles. The Labute approximate surface area is 128 Å². The summed E-state index contributed by atoms with van der Waals surface area (Å²) in [4.78, 5) is 23.3. The van der Waals surface area contributed by atoms with E-state index in [-0.39, 0.29) is 5.56 Å². The van der Waals surface area contributed by atoms with Crippen LogP contribution >= 0.6 is 0 Å². The molecule has 0 aliphatic rings. The Morgan fingerprint density at radius 2 is 1.68 bits per heavy atom. The van der Waals surface area contributed by atoms with E-state index in [0.29, 0.717) is 17.3 Å². The molecule has 0 saturated heterocycles. The van der Waals surface area contributed by atoms with Crippen molar-refractivity contribution in [2.45, 2.75) is 19.8 Å². The summed E-state index contributed by atoms with van der Waals surface area (Å²) in [6.45, 7) is 4.30. The van der Waals surface area contributed by atoms with Gasteiger partial charge < -0.3 is 4.98 Å². The summed E-state index contributed by atoms with van der Waals surface area (Å²) in [5.74, 6) is 1.06. The van der Waals surface area contributed by atoms with E-state index < -0.39 is 0 Å². The summed E-state index contributed by atoms with van der Waals surface area (Å²) in [5.41, 5.74) is 3.45. The van der Waals surface area contributed by atoms with Gasteiger partial charge in [0.15, 0.2) is 5.82 Å². The molecule has 3 rings (SSSR count). The molecule has 2 heterocycles. The topological polar surface area (TPSA) is 58.6 Å². The summed E-state index contributed by atoms with van der Waals surface area (Å²) in [5, 5.41) is 0. The van der Waals surface area contributed by atoms with Gasteiger partial charge in [-0.05, 0) is 29.2 Å². The van der Waals surface area contributed by atoms with Gasteiger partial charge in [0, 0.05) is 29.7 Å². The molecule has 0 amide bonds. The molecule has 0 atom stereocenters. The lowest BCUT2D eigenvalue weighted by Gasteiger charge is -2.07.